The SMILES string of the molecule is c1cc(-n2cccc2)c2cn[nH]c2c1. The van der Waals surface area contributed by atoms with Crippen LogP contribution in [0.25, 0.3) is 16.6 Å². The first-order valence-corrected chi connectivity index (χ1v) is 4.50. The summed E-state index contributed by atoms with van der Waals surface area (Å²) < 4.78 is 2.08. The van der Waals surface area contributed by atoms with Crippen molar-refractivity contribution in [1.29, 1.82) is 0 Å². The lowest BCUT2D eigenvalue weighted by Crippen LogP contribution is -1.89. The van der Waals surface area contributed by atoms with Crippen molar-refractivity contribution in [2.24, 2.45) is 0 Å². The number of rotatable bonds is 1. The van der Waals surface area contributed by atoms with Gasteiger partial charge in [-0.05, 0) is 24.3 Å². The Bertz CT molecular complexity index is 549. The molecule has 0 aliphatic heterocycles. The summed E-state index contributed by atoms with van der Waals surface area (Å²) >= 11 is 0. The lowest BCUT2D eigenvalue weighted by atomic mass is 10.2. The summed E-state index contributed by atoms with van der Waals surface area (Å²) in [5.74, 6) is 0. The predicted octanol–water partition coefficient (Wildman–Crippen LogP) is 2.35. The zero-order chi connectivity index (χ0) is 9.38. The lowest BCUT2D eigenvalue weighted by Gasteiger charge is -2.03. The second kappa shape index (κ2) is 2.73. The molecule has 68 valence electrons. The average molecular weight is 183 g/mol. The van der Waals surface area contributed by atoms with Crippen molar-refractivity contribution in [3.8, 4) is 5.69 Å². The number of hydrogen-bond acceptors (Lipinski definition) is 1. The Morgan fingerprint density at radius 3 is 2.79 bits per heavy atom. The molecule has 3 heteroatoms. The smallest absolute Gasteiger partial charge is 0.0671 e. The quantitative estimate of drug-likeness (QED) is 0.617. The Labute approximate surface area is 81.0 Å². The largest absolute Gasteiger partial charge is 0.323 e. The van der Waals surface area contributed by atoms with E-state index < -0.39 is 0 Å². The first-order chi connectivity index (χ1) is 6.95. The molecule has 0 radical (unpaired) electrons. The normalized spacial score (nSPS) is 10.9. The molecule has 14 heavy (non-hydrogen) atoms. The number of aromatic amines is 1. The zero-order valence-electron chi connectivity index (χ0n) is 7.51. The van der Waals surface area contributed by atoms with E-state index in [-0.39, 0.29) is 0 Å². The molecule has 0 unspecified atom stereocenters. The number of nitrogens with zero attached hydrogens (tertiary/aromatic N) is 2. The molecule has 0 spiro atoms. The molecule has 1 N–H and O–H groups in total. The van der Waals surface area contributed by atoms with Gasteiger partial charge < -0.3 is 4.57 Å². The highest BCUT2D eigenvalue weighted by molar-refractivity contribution is 5.86. The van der Waals surface area contributed by atoms with Gasteiger partial charge in [-0.2, -0.15) is 5.10 Å². The molecule has 0 saturated heterocycles. The molecule has 0 fully saturated rings. The number of hydrogen-bond donors (Lipinski definition) is 1. The van der Waals surface area contributed by atoms with E-state index in [9.17, 15) is 0 Å². The van der Waals surface area contributed by atoms with E-state index >= 15 is 0 Å². The van der Waals surface area contributed by atoms with E-state index in [4.69, 9.17) is 0 Å². The van der Waals surface area contributed by atoms with Crippen LogP contribution < -0.4 is 0 Å². The van der Waals surface area contributed by atoms with Gasteiger partial charge in [-0.15, -0.1) is 0 Å². The second-order valence-corrected chi connectivity index (χ2v) is 3.20. The topological polar surface area (TPSA) is 33.6 Å². The molecule has 1 aromatic carbocycles. The first kappa shape index (κ1) is 7.38. The molecule has 3 nitrogen and oxygen atoms in total. The Morgan fingerprint density at radius 1 is 1.07 bits per heavy atom. The van der Waals surface area contributed by atoms with Crippen LogP contribution in [0.15, 0.2) is 48.9 Å². The highest BCUT2D eigenvalue weighted by Gasteiger charge is 2.02. The third-order valence-electron chi connectivity index (χ3n) is 2.34. The fourth-order valence-corrected chi connectivity index (χ4v) is 1.67. The summed E-state index contributed by atoms with van der Waals surface area (Å²) in [7, 11) is 0. The van der Waals surface area contributed by atoms with E-state index in [1.54, 1.807) is 0 Å². The molecule has 0 aliphatic carbocycles. The second-order valence-electron chi connectivity index (χ2n) is 3.20. The van der Waals surface area contributed by atoms with E-state index in [0.717, 1.165) is 16.6 Å². The van der Waals surface area contributed by atoms with Crippen LogP contribution in [-0.4, -0.2) is 14.8 Å². The number of nitrogens with one attached hydrogen (secondary N) is 1. The Kier molecular flexibility index (Phi) is 1.44. The van der Waals surface area contributed by atoms with Crippen molar-refractivity contribution >= 4 is 10.9 Å². The minimum atomic E-state index is 1.07. The Balaban J connectivity index is 2.36. The zero-order valence-corrected chi connectivity index (χ0v) is 7.51. The maximum Gasteiger partial charge on any atom is 0.0671 e. The van der Waals surface area contributed by atoms with Crippen molar-refractivity contribution in [3.63, 3.8) is 0 Å². The summed E-state index contributed by atoms with van der Waals surface area (Å²) in [6.45, 7) is 0. The Morgan fingerprint density at radius 2 is 1.93 bits per heavy atom. The minimum absolute atomic E-state index is 1.07. The summed E-state index contributed by atoms with van der Waals surface area (Å²) in [5, 5.41) is 8.13. The predicted molar refractivity (Wildman–Crippen MR) is 55.4 cm³/mol. The number of benzene rings is 1. The number of fused-ring (bicyclic) bond motifs is 1. The summed E-state index contributed by atoms with van der Waals surface area (Å²) in [6.07, 6.45) is 5.91. The van der Waals surface area contributed by atoms with Gasteiger partial charge in [0.25, 0.3) is 0 Å². The molecular formula is C11H9N3. The standard InChI is InChI=1S/C11H9N3/c1-2-7-14(6-1)11-5-3-4-10-9(11)8-12-13-10/h1-8H,(H,12,13). The van der Waals surface area contributed by atoms with Crippen molar-refractivity contribution in [2.75, 3.05) is 0 Å². The van der Waals surface area contributed by atoms with Gasteiger partial charge in [-0.1, -0.05) is 6.07 Å². The highest BCUT2D eigenvalue weighted by Crippen LogP contribution is 2.19. The summed E-state index contributed by atoms with van der Waals surface area (Å²) in [5.41, 5.74) is 2.22. The lowest BCUT2D eigenvalue weighted by molar-refractivity contribution is 1.09. The van der Waals surface area contributed by atoms with Crippen LogP contribution in [-0.2, 0) is 0 Å². The molecule has 3 rings (SSSR count). The van der Waals surface area contributed by atoms with Gasteiger partial charge in [0, 0.05) is 17.8 Å². The number of aromatic nitrogens is 3. The number of H-pyrrole nitrogens is 1. The van der Waals surface area contributed by atoms with Crippen LogP contribution in [0.5, 0.6) is 0 Å². The maximum atomic E-state index is 4.03. The van der Waals surface area contributed by atoms with Gasteiger partial charge in [-0.3, -0.25) is 5.10 Å². The van der Waals surface area contributed by atoms with Gasteiger partial charge in [0.15, 0.2) is 0 Å². The molecule has 0 bridgehead atoms. The summed E-state index contributed by atoms with van der Waals surface area (Å²) in [6, 6.07) is 10.2. The summed E-state index contributed by atoms with van der Waals surface area (Å²) in [4.78, 5) is 0. The van der Waals surface area contributed by atoms with Crippen LogP contribution in [0.4, 0.5) is 0 Å². The van der Waals surface area contributed by atoms with Gasteiger partial charge in [0.1, 0.15) is 0 Å². The molecule has 3 aromatic rings. The minimum Gasteiger partial charge on any atom is -0.323 e. The van der Waals surface area contributed by atoms with E-state index in [1.165, 1.54) is 0 Å². The molecule has 0 atom stereocenters. The van der Waals surface area contributed by atoms with Crippen LogP contribution in [0.1, 0.15) is 0 Å². The Hall–Kier alpha value is -2.03. The molecule has 2 heterocycles. The van der Waals surface area contributed by atoms with Crippen LogP contribution in [0, 0.1) is 0 Å². The highest BCUT2D eigenvalue weighted by atomic mass is 15.1. The molecule has 2 aromatic heterocycles. The van der Waals surface area contributed by atoms with E-state index in [1.807, 2.05) is 42.9 Å². The molecule has 0 saturated carbocycles. The van der Waals surface area contributed by atoms with Crippen molar-refractivity contribution in [2.45, 2.75) is 0 Å². The maximum absolute atomic E-state index is 4.03. The van der Waals surface area contributed by atoms with Gasteiger partial charge >= 0.3 is 0 Å². The van der Waals surface area contributed by atoms with Gasteiger partial charge in [0.2, 0.25) is 0 Å². The molecule has 0 aliphatic rings. The van der Waals surface area contributed by atoms with Crippen molar-refractivity contribution < 1.29 is 0 Å². The third-order valence-corrected chi connectivity index (χ3v) is 2.34. The average Bonchev–Trinajstić information content (AvgIpc) is 2.88. The van der Waals surface area contributed by atoms with Gasteiger partial charge in [-0.25, -0.2) is 0 Å². The van der Waals surface area contributed by atoms with Crippen molar-refractivity contribution in [1.82, 2.24) is 14.8 Å². The van der Waals surface area contributed by atoms with Gasteiger partial charge in [0.05, 0.1) is 17.4 Å². The monoisotopic (exact) mass is 183 g/mol. The van der Waals surface area contributed by atoms with Crippen LogP contribution in [0.3, 0.4) is 0 Å². The first-order valence-electron chi connectivity index (χ1n) is 4.50. The van der Waals surface area contributed by atoms with E-state index in [2.05, 4.69) is 20.8 Å². The third kappa shape index (κ3) is 0.956. The molecular weight excluding hydrogens is 174 g/mol. The van der Waals surface area contributed by atoms with Crippen LogP contribution in [0.2, 0.25) is 0 Å². The van der Waals surface area contributed by atoms with Crippen LogP contribution >= 0.6 is 0 Å². The molecule has 0 amide bonds. The fraction of sp³-hybridized carbons (Fsp3) is 0. The fourth-order valence-electron chi connectivity index (χ4n) is 1.67. The van der Waals surface area contributed by atoms with Crippen molar-refractivity contribution in [3.05, 3.63) is 48.9 Å². The van der Waals surface area contributed by atoms with E-state index in [0.29, 0.717) is 0 Å².